The van der Waals surface area contributed by atoms with Crippen molar-refractivity contribution >= 4 is 17.5 Å². The fourth-order valence-electron chi connectivity index (χ4n) is 1.77. The molecule has 1 aromatic rings. The predicted octanol–water partition coefficient (Wildman–Crippen LogP) is -0.0161. The zero-order valence-electron chi connectivity index (χ0n) is 9.59. The molecular weight excluding hydrogens is 220 g/mol. The van der Waals surface area contributed by atoms with E-state index >= 15 is 0 Å². The van der Waals surface area contributed by atoms with E-state index in [1.165, 1.54) is 7.05 Å². The van der Waals surface area contributed by atoms with Crippen LogP contribution in [0.2, 0.25) is 0 Å². The second-order valence-electron chi connectivity index (χ2n) is 4.03. The molecule has 0 bridgehead atoms. The fourth-order valence-corrected chi connectivity index (χ4v) is 1.77. The molecule has 5 nitrogen and oxygen atoms in total. The first kappa shape index (κ1) is 11.6. The molecule has 1 N–H and O–H groups in total. The predicted molar refractivity (Wildman–Crippen MR) is 62.4 cm³/mol. The molecule has 5 heteroatoms. The van der Waals surface area contributed by atoms with Gasteiger partial charge in [0.05, 0.1) is 19.7 Å². The molecule has 1 heterocycles. The number of aliphatic hydroxyl groups excluding tert-OH is 1. The number of nitrogens with zero attached hydrogens (tertiary/aromatic N) is 2. The van der Waals surface area contributed by atoms with E-state index in [4.69, 9.17) is 5.11 Å². The highest BCUT2D eigenvalue weighted by Crippen LogP contribution is 2.18. The van der Waals surface area contributed by atoms with Gasteiger partial charge in [-0.1, -0.05) is 12.1 Å². The Kier molecular flexibility index (Phi) is 3.10. The molecule has 1 aliphatic rings. The van der Waals surface area contributed by atoms with E-state index in [1.54, 1.807) is 23.1 Å². The molecule has 1 saturated heterocycles. The van der Waals surface area contributed by atoms with Crippen molar-refractivity contribution in [1.82, 2.24) is 4.90 Å². The maximum Gasteiger partial charge on any atom is 0.248 e. The van der Waals surface area contributed by atoms with Crippen molar-refractivity contribution in [3.8, 4) is 0 Å². The first-order valence-electron chi connectivity index (χ1n) is 5.36. The number of likely N-dealkylation sites (N-methyl/N-ethyl adjacent to an activating group) is 1. The van der Waals surface area contributed by atoms with Crippen LogP contribution in [-0.2, 0) is 16.2 Å². The molecule has 90 valence electrons. The number of rotatable bonds is 2. The summed E-state index contributed by atoms with van der Waals surface area (Å²) < 4.78 is 0. The number of amides is 2. The zero-order chi connectivity index (χ0) is 12.4. The van der Waals surface area contributed by atoms with Crippen LogP contribution in [0.3, 0.4) is 0 Å². The van der Waals surface area contributed by atoms with Gasteiger partial charge in [-0.3, -0.25) is 14.5 Å². The van der Waals surface area contributed by atoms with Gasteiger partial charge in [0.15, 0.2) is 0 Å². The Morgan fingerprint density at radius 2 is 1.88 bits per heavy atom. The molecule has 0 atom stereocenters. The van der Waals surface area contributed by atoms with Gasteiger partial charge in [-0.25, -0.2) is 0 Å². The van der Waals surface area contributed by atoms with Gasteiger partial charge in [-0.05, 0) is 17.7 Å². The number of carbonyl (C=O) groups is 2. The van der Waals surface area contributed by atoms with Crippen molar-refractivity contribution in [2.24, 2.45) is 0 Å². The number of hydrogen-bond acceptors (Lipinski definition) is 4. The Morgan fingerprint density at radius 3 is 2.47 bits per heavy atom. The zero-order valence-corrected chi connectivity index (χ0v) is 9.59. The molecule has 0 radical (unpaired) electrons. The summed E-state index contributed by atoms with van der Waals surface area (Å²) in [6, 6.07) is 7.20. The van der Waals surface area contributed by atoms with Crippen molar-refractivity contribution in [3.05, 3.63) is 29.8 Å². The second-order valence-corrected chi connectivity index (χ2v) is 4.03. The van der Waals surface area contributed by atoms with E-state index in [9.17, 15) is 9.59 Å². The number of piperazine rings is 1. The van der Waals surface area contributed by atoms with Crippen molar-refractivity contribution in [2.45, 2.75) is 6.61 Å². The van der Waals surface area contributed by atoms with Gasteiger partial charge >= 0.3 is 0 Å². The molecule has 0 aromatic heterocycles. The highest BCUT2D eigenvalue weighted by molar-refractivity contribution is 6.02. The standard InChI is InChI=1S/C12H14N2O3/c1-13-11(16)6-14(7-12(13)17)10-4-2-3-9(5-10)8-15/h2-5,15H,6-8H2,1H3. The average molecular weight is 234 g/mol. The summed E-state index contributed by atoms with van der Waals surface area (Å²) in [5.41, 5.74) is 1.55. The van der Waals surface area contributed by atoms with Gasteiger partial charge < -0.3 is 10.0 Å². The topological polar surface area (TPSA) is 60.9 Å². The van der Waals surface area contributed by atoms with Crippen LogP contribution in [0.1, 0.15) is 5.56 Å². The number of anilines is 1. The van der Waals surface area contributed by atoms with Crippen LogP contribution in [0, 0.1) is 0 Å². The number of aliphatic hydroxyl groups is 1. The second kappa shape index (κ2) is 4.55. The van der Waals surface area contributed by atoms with Crippen LogP contribution in [0.25, 0.3) is 0 Å². The molecule has 2 rings (SSSR count). The van der Waals surface area contributed by atoms with E-state index in [1.807, 2.05) is 6.07 Å². The summed E-state index contributed by atoms with van der Waals surface area (Å²) in [5.74, 6) is -0.425. The highest BCUT2D eigenvalue weighted by atomic mass is 16.3. The summed E-state index contributed by atoms with van der Waals surface area (Å²) in [5, 5.41) is 9.05. The van der Waals surface area contributed by atoms with E-state index in [0.29, 0.717) is 0 Å². The summed E-state index contributed by atoms with van der Waals surface area (Å²) in [7, 11) is 1.49. The largest absolute Gasteiger partial charge is 0.392 e. The van der Waals surface area contributed by atoms with Crippen molar-refractivity contribution in [1.29, 1.82) is 0 Å². The normalized spacial score (nSPS) is 16.6. The summed E-state index contributed by atoms with van der Waals surface area (Å²) in [6.45, 7) is 0.331. The van der Waals surface area contributed by atoms with Crippen LogP contribution in [-0.4, -0.2) is 42.0 Å². The summed E-state index contributed by atoms with van der Waals surface area (Å²) in [4.78, 5) is 26.0. The number of hydrogen-bond donors (Lipinski definition) is 1. The third kappa shape index (κ3) is 2.29. The Bertz CT molecular complexity index is 441. The molecule has 0 aliphatic carbocycles. The van der Waals surface area contributed by atoms with Crippen molar-refractivity contribution < 1.29 is 14.7 Å². The molecular formula is C12H14N2O3. The van der Waals surface area contributed by atoms with Gasteiger partial charge in [0.1, 0.15) is 0 Å². The minimum absolute atomic E-state index is 0.0521. The van der Waals surface area contributed by atoms with E-state index in [2.05, 4.69) is 0 Å². The summed E-state index contributed by atoms with van der Waals surface area (Å²) in [6.07, 6.45) is 0. The molecule has 1 fully saturated rings. The van der Waals surface area contributed by atoms with Crippen LogP contribution in [0.15, 0.2) is 24.3 Å². The minimum Gasteiger partial charge on any atom is -0.392 e. The number of imide groups is 1. The van der Waals surface area contributed by atoms with Crippen LogP contribution >= 0.6 is 0 Å². The van der Waals surface area contributed by atoms with Gasteiger partial charge in [0.25, 0.3) is 0 Å². The SMILES string of the molecule is CN1C(=O)CN(c2cccc(CO)c2)CC1=O. The van der Waals surface area contributed by atoms with Crippen LogP contribution in [0.5, 0.6) is 0 Å². The number of benzene rings is 1. The maximum atomic E-state index is 11.6. The third-order valence-corrected chi connectivity index (χ3v) is 2.86. The first-order chi connectivity index (χ1) is 8.11. The lowest BCUT2D eigenvalue weighted by molar-refractivity contribution is -0.143. The monoisotopic (exact) mass is 234 g/mol. The van der Waals surface area contributed by atoms with Gasteiger partial charge in [-0.15, -0.1) is 0 Å². The molecule has 1 aromatic carbocycles. The Hall–Kier alpha value is -1.88. The Morgan fingerprint density at radius 1 is 1.24 bits per heavy atom. The van der Waals surface area contributed by atoms with Crippen molar-refractivity contribution in [2.75, 3.05) is 25.0 Å². The molecule has 1 aliphatic heterocycles. The van der Waals surface area contributed by atoms with Crippen LogP contribution in [0.4, 0.5) is 5.69 Å². The molecule has 0 saturated carbocycles. The lowest BCUT2D eigenvalue weighted by atomic mass is 10.2. The average Bonchev–Trinajstić information content (AvgIpc) is 2.35. The highest BCUT2D eigenvalue weighted by Gasteiger charge is 2.28. The van der Waals surface area contributed by atoms with E-state index in [0.717, 1.165) is 16.2 Å². The van der Waals surface area contributed by atoms with Gasteiger partial charge in [0, 0.05) is 12.7 Å². The molecule has 17 heavy (non-hydrogen) atoms. The summed E-state index contributed by atoms with van der Waals surface area (Å²) >= 11 is 0. The smallest absolute Gasteiger partial charge is 0.248 e. The Labute approximate surface area is 99.3 Å². The fraction of sp³-hybridized carbons (Fsp3) is 0.333. The number of carbonyl (C=O) groups excluding carboxylic acids is 2. The van der Waals surface area contributed by atoms with Crippen LogP contribution < -0.4 is 4.90 Å². The third-order valence-electron chi connectivity index (χ3n) is 2.86. The quantitative estimate of drug-likeness (QED) is 0.731. The lowest BCUT2D eigenvalue weighted by Gasteiger charge is -2.32. The minimum atomic E-state index is -0.212. The van der Waals surface area contributed by atoms with E-state index in [-0.39, 0.29) is 31.5 Å². The Balaban J connectivity index is 2.22. The molecule has 2 amide bonds. The van der Waals surface area contributed by atoms with E-state index < -0.39 is 0 Å². The van der Waals surface area contributed by atoms with Gasteiger partial charge in [-0.2, -0.15) is 0 Å². The lowest BCUT2D eigenvalue weighted by Crippen LogP contribution is -2.52. The first-order valence-corrected chi connectivity index (χ1v) is 5.36. The molecule has 0 unspecified atom stereocenters. The molecule has 0 spiro atoms. The van der Waals surface area contributed by atoms with Crippen molar-refractivity contribution in [3.63, 3.8) is 0 Å². The maximum absolute atomic E-state index is 11.6. The van der Waals surface area contributed by atoms with Gasteiger partial charge in [0.2, 0.25) is 11.8 Å².